The number of hydrogen-bond donors (Lipinski definition) is 1. The van der Waals surface area contributed by atoms with E-state index < -0.39 is 11.9 Å². The van der Waals surface area contributed by atoms with Crippen LogP contribution in [0.5, 0.6) is 0 Å². The average molecular weight is 374 g/mol. The molecule has 1 aromatic rings. The Morgan fingerprint density at radius 2 is 1.70 bits per heavy atom. The zero-order chi connectivity index (χ0) is 20.7. The van der Waals surface area contributed by atoms with Crippen LogP contribution in [0.1, 0.15) is 37.3 Å². The van der Waals surface area contributed by atoms with Gasteiger partial charge in [-0.3, -0.25) is 4.79 Å². The molecule has 27 heavy (non-hydrogen) atoms. The van der Waals surface area contributed by atoms with Crippen LogP contribution in [0.4, 0.5) is 0 Å². The van der Waals surface area contributed by atoms with E-state index in [2.05, 4.69) is 24.5 Å². The molecule has 0 spiro atoms. The van der Waals surface area contributed by atoms with E-state index in [1.54, 1.807) is 30.3 Å². The summed E-state index contributed by atoms with van der Waals surface area (Å²) < 4.78 is 9.46. The van der Waals surface area contributed by atoms with E-state index in [0.717, 1.165) is 18.4 Å². The molecule has 0 fully saturated rings. The number of aliphatic carboxylic acids is 1. The van der Waals surface area contributed by atoms with Gasteiger partial charge in [-0.15, -0.1) is 0 Å². The SMILES string of the molecule is C=CC(=O)OCCCC.C=Cc1ccc(C(=C)C(=O)OCCC(=O)O)cc1. The maximum atomic E-state index is 11.5. The summed E-state index contributed by atoms with van der Waals surface area (Å²) in [6.07, 6.45) is 4.63. The zero-order valence-electron chi connectivity index (χ0n) is 15.6. The van der Waals surface area contributed by atoms with Crippen molar-refractivity contribution in [2.75, 3.05) is 13.2 Å². The van der Waals surface area contributed by atoms with E-state index in [9.17, 15) is 14.4 Å². The Balaban J connectivity index is 0.000000636. The van der Waals surface area contributed by atoms with Gasteiger partial charge in [0.25, 0.3) is 0 Å². The first-order valence-electron chi connectivity index (χ1n) is 8.45. The summed E-state index contributed by atoms with van der Waals surface area (Å²) in [6, 6.07) is 7.08. The molecule has 0 saturated heterocycles. The molecule has 1 N–H and O–H groups in total. The largest absolute Gasteiger partial charge is 0.481 e. The van der Waals surface area contributed by atoms with Gasteiger partial charge in [-0.1, -0.05) is 63.4 Å². The van der Waals surface area contributed by atoms with Gasteiger partial charge in [-0.25, -0.2) is 9.59 Å². The predicted octanol–water partition coefficient (Wildman–Crippen LogP) is 3.88. The van der Waals surface area contributed by atoms with Crippen LogP contribution in [0.25, 0.3) is 11.6 Å². The number of unbranched alkanes of at least 4 members (excludes halogenated alkanes) is 1. The monoisotopic (exact) mass is 374 g/mol. The van der Waals surface area contributed by atoms with Crippen molar-refractivity contribution in [3.05, 3.63) is 61.2 Å². The summed E-state index contributed by atoms with van der Waals surface area (Å²) >= 11 is 0. The van der Waals surface area contributed by atoms with Crippen molar-refractivity contribution < 1.29 is 29.0 Å². The van der Waals surface area contributed by atoms with Crippen molar-refractivity contribution in [3.8, 4) is 0 Å². The van der Waals surface area contributed by atoms with Gasteiger partial charge >= 0.3 is 17.9 Å². The lowest BCUT2D eigenvalue weighted by atomic mass is 10.1. The van der Waals surface area contributed by atoms with Gasteiger partial charge in [0.1, 0.15) is 6.61 Å². The lowest BCUT2D eigenvalue weighted by molar-refractivity contribution is -0.142. The van der Waals surface area contributed by atoms with Crippen LogP contribution < -0.4 is 0 Å². The lowest BCUT2D eigenvalue weighted by Gasteiger charge is -2.06. The topological polar surface area (TPSA) is 89.9 Å². The van der Waals surface area contributed by atoms with E-state index >= 15 is 0 Å². The van der Waals surface area contributed by atoms with Crippen LogP contribution in [-0.4, -0.2) is 36.2 Å². The van der Waals surface area contributed by atoms with Gasteiger partial charge in [0, 0.05) is 6.08 Å². The highest BCUT2D eigenvalue weighted by Gasteiger charge is 2.11. The molecule has 6 nitrogen and oxygen atoms in total. The summed E-state index contributed by atoms with van der Waals surface area (Å²) in [5.74, 6) is -1.95. The van der Waals surface area contributed by atoms with Gasteiger partial charge in [-0.05, 0) is 17.5 Å². The van der Waals surface area contributed by atoms with Crippen LogP contribution in [0, 0.1) is 0 Å². The third-order valence-corrected chi connectivity index (χ3v) is 3.20. The summed E-state index contributed by atoms with van der Waals surface area (Å²) in [7, 11) is 0. The molecule has 0 aromatic heterocycles. The number of carboxylic acids is 1. The van der Waals surface area contributed by atoms with Crippen LogP contribution in [0.3, 0.4) is 0 Å². The predicted molar refractivity (Wildman–Crippen MR) is 105 cm³/mol. The second-order valence-electron chi connectivity index (χ2n) is 5.31. The number of carbonyl (C=O) groups is 3. The Morgan fingerprint density at radius 1 is 1.07 bits per heavy atom. The van der Waals surface area contributed by atoms with Crippen LogP contribution in [-0.2, 0) is 23.9 Å². The summed E-state index contributed by atoms with van der Waals surface area (Å²) in [6.45, 7) is 12.9. The maximum Gasteiger partial charge on any atom is 0.338 e. The molecule has 0 unspecified atom stereocenters. The fourth-order valence-corrected chi connectivity index (χ4v) is 1.63. The minimum Gasteiger partial charge on any atom is -0.481 e. The number of hydrogen-bond acceptors (Lipinski definition) is 5. The first kappa shape index (κ1) is 23.9. The van der Waals surface area contributed by atoms with Crippen molar-refractivity contribution >= 4 is 29.6 Å². The quantitative estimate of drug-likeness (QED) is 0.380. The summed E-state index contributed by atoms with van der Waals surface area (Å²) in [4.78, 5) is 32.2. The molecular weight excluding hydrogens is 348 g/mol. The molecule has 0 radical (unpaired) electrons. The normalized spacial score (nSPS) is 9.22. The molecule has 6 heteroatoms. The highest BCUT2D eigenvalue weighted by molar-refractivity contribution is 6.15. The molecule has 1 rings (SSSR count). The van der Waals surface area contributed by atoms with Gasteiger partial charge in [-0.2, -0.15) is 0 Å². The molecule has 0 aliphatic carbocycles. The lowest BCUT2D eigenvalue weighted by Crippen LogP contribution is -2.10. The Labute approximate surface area is 159 Å². The second kappa shape index (κ2) is 14.1. The van der Waals surface area contributed by atoms with Gasteiger partial charge in [0.15, 0.2) is 0 Å². The average Bonchev–Trinajstić information content (AvgIpc) is 2.67. The smallest absolute Gasteiger partial charge is 0.338 e. The molecule has 0 bridgehead atoms. The van der Waals surface area contributed by atoms with E-state index in [0.29, 0.717) is 12.2 Å². The Kier molecular flexibility index (Phi) is 12.4. The van der Waals surface area contributed by atoms with E-state index in [1.807, 2.05) is 6.92 Å². The molecule has 0 heterocycles. The fraction of sp³-hybridized carbons (Fsp3) is 0.286. The molecular formula is C21H26O6. The Morgan fingerprint density at radius 3 is 2.19 bits per heavy atom. The zero-order valence-corrected chi connectivity index (χ0v) is 15.6. The second-order valence-corrected chi connectivity index (χ2v) is 5.31. The first-order chi connectivity index (χ1) is 12.8. The maximum absolute atomic E-state index is 11.5. The number of esters is 2. The van der Waals surface area contributed by atoms with E-state index in [4.69, 9.17) is 9.84 Å². The van der Waals surface area contributed by atoms with Crippen molar-refractivity contribution in [1.82, 2.24) is 0 Å². The summed E-state index contributed by atoms with van der Waals surface area (Å²) in [5.41, 5.74) is 1.78. The fourth-order valence-electron chi connectivity index (χ4n) is 1.63. The number of benzene rings is 1. The Bertz CT molecular complexity index is 658. The van der Waals surface area contributed by atoms with Gasteiger partial charge in [0.05, 0.1) is 18.6 Å². The molecule has 146 valence electrons. The first-order valence-corrected chi connectivity index (χ1v) is 8.45. The van der Waals surface area contributed by atoms with E-state index in [1.165, 1.54) is 6.08 Å². The third kappa shape index (κ3) is 11.1. The van der Waals surface area contributed by atoms with Crippen molar-refractivity contribution in [2.45, 2.75) is 26.2 Å². The van der Waals surface area contributed by atoms with Crippen LogP contribution >= 0.6 is 0 Å². The minimum absolute atomic E-state index is 0.155. The molecule has 0 aliphatic heterocycles. The molecule has 0 atom stereocenters. The number of ether oxygens (including phenoxy) is 2. The van der Waals surface area contributed by atoms with Gasteiger partial charge < -0.3 is 14.6 Å². The van der Waals surface area contributed by atoms with Crippen molar-refractivity contribution in [2.24, 2.45) is 0 Å². The minimum atomic E-state index is -1.01. The summed E-state index contributed by atoms with van der Waals surface area (Å²) in [5, 5.41) is 8.42. The standard InChI is InChI=1S/C14H14O4.C7H12O2/c1-3-11-4-6-12(7-5-11)10(2)14(17)18-9-8-13(15)16;1-3-5-6-9-7(8)4-2/h3-7H,1-2,8-9H2,(H,15,16);4H,2-3,5-6H2,1H3. The molecule has 0 aliphatic rings. The van der Waals surface area contributed by atoms with Gasteiger partial charge in [0.2, 0.25) is 0 Å². The number of carbonyl (C=O) groups excluding carboxylic acids is 2. The third-order valence-electron chi connectivity index (χ3n) is 3.20. The number of rotatable bonds is 10. The Hall–Kier alpha value is -3.15. The number of carboxylic acid groups (broad SMARTS) is 1. The molecule has 0 amide bonds. The molecule has 0 saturated carbocycles. The van der Waals surface area contributed by atoms with E-state index in [-0.39, 0.29) is 24.6 Å². The van der Waals surface area contributed by atoms with Crippen LogP contribution in [0.2, 0.25) is 0 Å². The highest BCUT2D eigenvalue weighted by Crippen LogP contribution is 2.15. The van der Waals surface area contributed by atoms with Crippen molar-refractivity contribution in [3.63, 3.8) is 0 Å². The van der Waals surface area contributed by atoms with Crippen LogP contribution in [0.15, 0.2) is 50.1 Å². The van der Waals surface area contributed by atoms with Crippen molar-refractivity contribution in [1.29, 1.82) is 0 Å². The molecule has 1 aromatic carbocycles. The highest BCUT2D eigenvalue weighted by atomic mass is 16.5.